The summed E-state index contributed by atoms with van der Waals surface area (Å²) in [6, 6.07) is 14.0. The predicted molar refractivity (Wildman–Crippen MR) is 106 cm³/mol. The molecule has 142 valence electrons. The Hall–Kier alpha value is -2.70. The van der Waals surface area contributed by atoms with Crippen molar-refractivity contribution in [3.63, 3.8) is 0 Å². The number of piperazine rings is 1. The second-order valence-corrected chi connectivity index (χ2v) is 6.76. The van der Waals surface area contributed by atoms with Gasteiger partial charge >= 0.3 is 0 Å². The van der Waals surface area contributed by atoms with Crippen LogP contribution in [-0.4, -0.2) is 68.4 Å². The smallest absolute Gasteiger partial charge is 0.255 e. The Bertz CT molecular complexity index is 779. The van der Waals surface area contributed by atoms with Gasteiger partial charge in [0.1, 0.15) is 5.75 Å². The van der Waals surface area contributed by atoms with Gasteiger partial charge in [0.15, 0.2) is 5.78 Å². The maximum atomic E-state index is 12.5. The predicted octanol–water partition coefficient (Wildman–Crippen LogP) is 2.38. The molecule has 0 bridgehead atoms. The summed E-state index contributed by atoms with van der Waals surface area (Å²) in [6.45, 7) is 4.25. The van der Waals surface area contributed by atoms with Crippen molar-refractivity contribution in [3.05, 3.63) is 59.7 Å². The second-order valence-electron chi connectivity index (χ2n) is 6.76. The highest BCUT2D eigenvalue weighted by Crippen LogP contribution is 2.15. The molecule has 1 N–H and O–H groups in total. The molecule has 3 rings (SSSR count). The quantitative estimate of drug-likeness (QED) is 0.795. The Morgan fingerprint density at radius 3 is 2.11 bits per heavy atom. The SMILES string of the molecule is COc1ccc(C(=O)Nc2ccc(C(=O)CN3CCN(C)CC3)cc2)cc1. The van der Waals surface area contributed by atoms with Gasteiger partial charge in [-0.3, -0.25) is 14.5 Å². The minimum Gasteiger partial charge on any atom is -0.497 e. The zero-order valence-electron chi connectivity index (χ0n) is 15.8. The number of likely N-dealkylation sites (N-methyl/N-ethyl adjacent to an activating group) is 1. The van der Waals surface area contributed by atoms with Crippen LogP contribution in [0, 0.1) is 0 Å². The van der Waals surface area contributed by atoms with Crippen molar-refractivity contribution in [1.29, 1.82) is 0 Å². The number of nitrogens with one attached hydrogen (secondary N) is 1. The van der Waals surface area contributed by atoms with Gasteiger partial charge in [-0.15, -0.1) is 0 Å². The van der Waals surface area contributed by atoms with Gasteiger partial charge in [-0.25, -0.2) is 0 Å². The van der Waals surface area contributed by atoms with Crippen molar-refractivity contribution in [2.75, 3.05) is 52.2 Å². The van der Waals surface area contributed by atoms with E-state index in [-0.39, 0.29) is 11.7 Å². The normalized spacial score (nSPS) is 15.3. The molecule has 0 unspecified atom stereocenters. The minimum absolute atomic E-state index is 0.104. The molecule has 1 fully saturated rings. The number of carbonyl (C=O) groups excluding carboxylic acids is 2. The number of carbonyl (C=O) groups is 2. The number of methoxy groups -OCH3 is 1. The maximum Gasteiger partial charge on any atom is 0.255 e. The van der Waals surface area contributed by atoms with Crippen LogP contribution in [0.4, 0.5) is 5.69 Å². The molecule has 0 saturated carbocycles. The number of nitrogens with zero attached hydrogens (tertiary/aromatic N) is 2. The topological polar surface area (TPSA) is 61.9 Å². The lowest BCUT2D eigenvalue weighted by Crippen LogP contribution is -2.46. The van der Waals surface area contributed by atoms with Crippen molar-refractivity contribution in [2.45, 2.75) is 0 Å². The van der Waals surface area contributed by atoms with Crippen molar-refractivity contribution in [2.24, 2.45) is 0 Å². The summed E-state index contributed by atoms with van der Waals surface area (Å²) >= 11 is 0. The number of hydrogen-bond acceptors (Lipinski definition) is 5. The molecule has 0 atom stereocenters. The van der Waals surface area contributed by atoms with Crippen molar-refractivity contribution < 1.29 is 14.3 Å². The number of ether oxygens (including phenoxy) is 1. The average Bonchev–Trinajstić information content (AvgIpc) is 2.70. The molecule has 1 amide bonds. The summed E-state index contributed by atoms with van der Waals surface area (Å²) in [7, 11) is 3.68. The fraction of sp³-hybridized carbons (Fsp3) is 0.333. The van der Waals surface area contributed by atoms with Crippen molar-refractivity contribution in [1.82, 2.24) is 9.80 Å². The summed E-state index contributed by atoms with van der Waals surface area (Å²) in [6.07, 6.45) is 0. The Balaban J connectivity index is 1.56. The molecule has 1 heterocycles. The monoisotopic (exact) mass is 367 g/mol. The molecule has 0 radical (unpaired) electrons. The first-order valence-electron chi connectivity index (χ1n) is 9.05. The number of rotatable bonds is 6. The number of Topliss-reactive ketones (excluding diaryl/α,β-unsaturated/α-hetero) is 1. The summed E-state index contributed by atoms with van der Waals surface area (Å²) in [4.78, 5) is 29.2. The Kier molecular flexibility index (Phi) is 6.21. The molecular formula is C21H25N3O3. The first-order valence-corrected chi connectivity index (χ1v) is 9.05. The third kappa shape index (κ3) is 5.15. The van der Waals surface area contributed by atoms with Crippen LogP contribution >= 0.6 is 0 Å². The zero-order valence-corrected chi connectivity index (χ0v) is 15.8. The van der Waals surface area contributed by atoms with E-state index in [1.165, 1.54) is 0 Å². The number of amides is 1. The van der Waals surface area contributed by atoms with Gasteiger partial charge in [0.2, 0.25) is 0 Å². The Morgan fingerprint density at radius 1 is 0.926 bits per heavy atom. The van der Waals surface area contributed by atoms with Crippen LogP contribution in [0.15, 0.2) is 48.5 Å². The van der Waals surface area contributed by atoms with Crippen molar-refractivity contribution >= 4 is 17.4 Å². The van der Waals surface area contributed by atoms with Gasteiger partial charge in [-0.05, 0) is 55.6 Å². The van der Waals surface area contributed by atoms with Gasteiger partial charge in [0.05, 0.1) is 13.7 Å². The summed E-state index contributed by atoms with van der Waals surface area (Å²) in [5.74, 6) is 0.608. The van der Waals surface area contributed by atoms with Crippen LogP contribution in [-0.2, 0) is 0 Å². The average molecular weight is 367 g/mol. The van der Waals surface area contributed by atoms with Crippen LogP contribution < -0.4 is 10.1 Å². The molecule has 1 saturated heterocycles. The Labute approximate surface area is 159 Å². The number of ketones is 1. The molecule has 0 aromatic heterocycles. The van der Waals surface area contributed by atoms with E-state index < -0.39 is 0 Å². The van der Waals surface area contributed by atoms with Crippen molar-refractivity contribution in [3.8, 4) is 5.75 Å². The Morgan fingerprint density at radius 2 is 1.52 bits per heavy atom. The third-order valence-electron chi connectivity index (χ3n) is 4.78. The van der Waals surface area contributed by atoms with E-state index in [0.29, 0.717) is 29.1 Å². The van der Waals surface area contributed by atoms with E-state index in [9.17, 15) is 9.59 Å². The highest BCUT2D eigenvalue weighted by Gasteiger charge is 2.17. The maximum absolute atomic E-state index is 12.5. The molecule has 0 spiro atoms. The molecule has 0 aliphatic carbocycles. The number of anilines is 1. The lowest BCUT2D eigenvalue weighted by molar-refractivity contribution is 0.0876. The van der Waals surface area contributed by atoms with Gasteiger partial charge in [-0.1, -0.05) is 0 Å². The largest absolute Gasteiger partial charge is 0.497 e. The van der Waals surface area contributed by atoms with Gasteiger partial charge in [0, 0.05) is 43.0 Å². The molecule has 1 aliphatic rings. The fourth-order valence-corrected chi connectivity index (χ4v) is 2.99. The first kappa shape index (κ1) is 19.1. The third-order valence-corrected chi connectivity index (χ3v) is 4.78. The van der Waals surface area contributed by atoms with E-state index in [2.05, 4.69) is 22.2 Å². The number of benzene rings is 2. The first-order chi connectivity index (χ1) is 13.0. The van der Waals surface area contributed by atoms with E-state index in [4.69, 9.17) is 4.74 Å². The van der Waals surface area contributed by atoms with Crippen LogP contribution in [0.3, 0.4) is 0 Å². The van der Waals surface area contributed by atoms with Gasteiger partial charge in [-0.2, -0.15) is 0 Å². The number of hydrogen-bond donors (Lipinski definition) is 1. The van der Waals surface area contributed by atoms with Crippen LogP contribution in [0.5, 0.6) is 5.75 Å². The molecule has 1 aliphatic heterocycles. The van der Waals surface area contributed by atoms with E-state index in [1.807, 2.05) is 0 Å². The van der Waals surface area contributed by atoms with Gasteiger partial charge < -0.3 is 15.0 Å². The standard InChI is InChI=1S/C21H25N3O3/c1-23-11-13-24(14-12-23)15-20(25)16-3-7-18(8-4-16)22-21(26)17-5-9-19(27-2)10-6-17/h3-10H,11-15H2,1-2H3,(H,22,26). The van der Waals surface area contributed by atoms with E-state index >= 15 is 0 Å². The van der Waals surface area contributed by atoms with E-state index in [0.717, 1.165) is 26.2 Å². The second kappa shape index (κ2) is 8.79. The van der Waals surface area contributed by atoms with E-state index in [1.54, 1.807) is 55.6 Å². The van der Waals surface area contributed by atoms with Crippen LogP contribution in [0.1, 0.15) is 20.7 Å². The highest BCUT2D eigenvalue weighted by atomic mass is 16.5. The molecule has 27 heavy (non-hydrogen) atoms. The molecule has 6 nitrogen and oxygen atoms in total. The summed E-state index contributed by atoms with van der Waals surface area (Å²) in [5.41, 5.74) is 1.87. The van der Waals surface area contributed by atoms with Gasteiger partial charge in [0.25, 0.3) is 5.91 Å². The molecule has 6 heteroatoms. The molecule has 2 aromatic carbocycles. The van der Waals surface area contributed by atoms with Crippen LogP contribution in [0.2, 0.25) is 0 Å². The lowest BCUT2D eigenvalue weighted by atomic mass is 10.1. The molecular weight excluding hydrogens is 342 g/mol. The zero-order chi connectivity index (χ0) is 19.2. The minimum atomic E-state index is -0.200. The fourth-order valence-electron chi connectivity index (χ4n) is 2.99. The lowest BCUT2D eigenvalue weighted by Gasteiger charge is -2.31. The van der Waals surface area contributed by atoms with Crippen LogP contribution in [0.25, 0.3) is 0 Å². The molecule has 2 aromatic rings. The highest BCUT2D eigenvalue weighted by molar-refractivity contribution is 6.04. The summed E-state index contributed by atoms with van der Waals surface area (Å²) < 4.78 is 5.09. The summed E-state index contributed by atoms with van der Waals surface area (Å²) in [5, 5.41) is 2.84.